The fraction of sp³-hybridized carbons (Fsp3) is 0.227. The third-order valence-corrected chi connectivity index (χ3v) is 5.15. The number of hydrogen-bond acceptors (Lipinski definition) is 4. The van der Waals surface area contributed by atoms with E-state index in [1.165, 1.54) is 22.8 Å². The van der Waals surface area contributed by atoms with Crippen molar-refractivity contribution in [3.8, 4) is 5.69 Å². The molecular weight excluding hydrogens is 364 g/mol. The summed E-state index contributed by atoms with van der Waals surface area (Å²) in [4.78, 5) is 15.2. The Kier molecular flexibility index (Phi) is 5.39. The fourth-order valence-electron chi connectivity index (χ4n) is 3.52. The van der Waals surface area contributed by atoms with E-state index >= 15 is 0 Å². The van der Waals surface area contributed by atoms with Crippen molar-refractivity contribution in [2.24, 2.45) is 5.73 Å². The number of carbonyl (C=O) groups excluding carboxylic acids is 1. The second kappa shape index (κ2) is 8.28. The molecule has 0 bridgehead atoms. The average Bonchev–Trinajstić information content (AvgIpc) is 3.39. The maximum absolute atomic E-state index is 11.2. The highest BCUT2D eigenvalue weighted by atomic mass is 16.1. The molecule has 4 aromatic rings. The zero-order chi connectivity index (χ0) is 20.2. The van der Waals surface area contributed by atoms with Crippen molar-refractivity contribution in [3.63, 3.8) is 0 Å². The molecule has 1 atom stereocenters. The standard InChI is InChI=1S/C22H24N6O/c1-16(17-6-8-19(9-7-17)28-15-24-14-26-28)25-12-18-13-27(11-10-22(23)29)21-5-3-2-4-20(18)21/h2-9,13-16,25H,10-12H2,1H3,(H2,23,29)/t16-/m1/s1. The number of nitrogens with one attached hydrogen (secondary N) is 1. The minimum absolute atomic E-state index is 0.188. The first-order chi connectivity index (χ1) is 14.1. The first-order valence-electron chi connectivity index (χ1n) is 9.65. The lowest BCUT2D eigenvalue weighted by Crippen LogP contribution is -2.18. The van der Waals surface area contributed by atoms with Gasteiger partial charge >= 0.3 is 0 Å². The summed E-state index contributed by atoms with van der Waals surface area (Å²) in [6.45, 7) is 3.47. The van der Waals surface area contributed by atoms with Crippen LogP contribution in [-0.4, -0.2) is 25.2 Å². The number of aromatic nitrogens is 4. The van der Waals surface area contributed by atoms with Gasteiger partial charge in [0.05, 0.1) is 5.69 Å². The van der Waals surface area contributed by atoms with Crippen LogP contribution in [0.1, 0.15) is 30.5 Å². The largest absolute Gasteiger partial charge is 0.370 e. The maximum Gasteiger partial charge on any atom is 0.219 e. The van der Waals surface area contributed by atoms with Gasteiger partial charge in [0.25, 0.3) is 0 Å². The number of para-hydroxylation sites is 1. The molecule has 0 spiro atoms. The lowest BCUT2D eigenvalue weighted by atomic mass is 10.1. The smallest absolute Gasteiger partial charge is 0.219 e. The van der Waals surface area contributed by atoms with Crippen LogP contribution in [0.4, 0.5) is 0 Å². The molecule has 7 heteroatoms. The molecule has 0 unspecified atom stereocenters. The molecule has 148 valence electrons. The summed E-state index contributed by atoms with van der Waals surface area (Å²) < 4.78 is 3.84. The highest BCUT2D eigenvalue weighted by molar-refractivity contribution is 5.84. The number of rotatable bonds is 8. The number of benzene rings is 2. The van der Waals surface area contributed by atoms with Gasteiger partial charge in [-0.3, -0.25) is 4.79 Å². The Morgan fingerprint density at radius 1 is 1.17 bits per heavy atom. The Balaban J connectivity index is 1.47. The number of nitrogens with zero attached hydrogens (tertiary/aromatic N) is 4. The summed E-state index contributed by atoms with van der Waals surface area (Å²) in [7, 11) is 0. The van der Waals surface area contributed by atoms with Crippen LogP contribution in [0.15, 0.2) is 67.4 Å². The molecule has 0 saturated heterocycles. The Labute approximate surface area is 169 Å². The van der Waals surface area contributed by atoms with Gasteiger partial charge in [-0.25, -0.2) is 9.67 Å². The van der Waals surface area contributed by atoms with Crippen LogP contribution in [0.5, 0.6) is 0 Å². The quantitative estimate of drug-likeness (QED) is 0.485. The van der Waals surface area contributed by atoms with Crippen molar-refractivity contribution in [1.82, 2.24) is 24.6 Å². The molecule has 0 radical (unpaired) electrons. The molecule has 0 aliphatic carbocycles. The minimum atomic E-state index is -0.287. The van der Waals surface area contributed by atoms with Crippen molar-refractivity contribution < 1.29 is 4.79 Å². The highest BCUT2D eigenvalue weighted by Crippen LogP contribution is 2.23. The van der Waals surface area contributed by atoms with Gasteiger partial charge in [-0.1, -0.05) is 30.3 Å². The highest BCUT2D eigenvalue weighted by Gasteiger charge is 2.11. The minimum Gasteiger partial charge on any atom is -0.370 e. The van der Waals surface area contributed by atoms with Crippen LogP contribution in [0.2, 0.25) is 0 Å². The summed E-state index contributed by atoms with van der Waals surface area (Å²) in [5, 5.41) is 8.95. The van der Waals surface area contributed by atoms with E-state index in [1.807, 2.05) is 24.3 Å². The molecular formula is C22H24N6O. The van der Waals surface area contributed by atoms with E-state index in [2.05, 4.69) is 57.4 Å². The SMILES string of the molecule is C[C@@H](NCc1cn(CCC(N)=O)c2ccccc12)c1ccc(-n2cncn2)cc1. The van der Waals surface area contributed by atoms with E-state index in [9.17, 15) is 4.79 Å². The van der Waals surface area contributed by atoms with E-state index in [4.69, 9.17) is 5.73 Å². The van der Waals surface area contributed by atoms with Crippen molar-refractivity contribution >= 4 is 16.8 Å². The Hall–Kier alpha value is -3.45. The van der Waals surface area contributed by atoms with Crippen LogP contribution in [0.3, 0.4) is 0 Å². The number of aryl methyl sites for hydroxylation is 1. The molecule has 7 nitrogen and oxygen atoms in total. The number of hydrogen-bond donors (Lipinski definition) is 2. The summed E-state index contributed by atoms with van der Waals surface area (Å²) in [6, 6.07) is 16.7. The molecule has 4 rings (SSSR count). The van der Waals surface area contributed by atoms with Crippen LogP contribution < -0.4 is 11.1 Å². The van der Waals surface area contributed by atoms with Crippen LogP contribution in [0, 0.1) is 0 Å². The molecule has 2 aromatic heterocycles. The zero-order valence-electron chi connectivity index (χ0n) is 16.3. The number of nitrogens with two attached hydrogens (primary N) is 1. The maximum atomic E-state index is 11.2. The van der Waals surface area contributed by atoms with Crippen molar-refractivity contribution in [2.45, 2.75) is 32.5 Å². The number of fused-ring (bicyclic) bond motifs is 1. The second-order valence-electron chi connectivity index (χ2n) is 7.12. The van der Waals surface area contributed by atoms with Gasteiger partial charge in [-0.15, -0.1) is 0 Å². The van der Waals surface area contributed by atoms with Gasteiger partial charge in [0.2, 0.25) is 5.91 Å². The molecule has 29 heavy (non-hydrogen) atoms. The van der Waals surface area contributed by atoms with Crippen LogP contribution >= 0.6 is 0 Å². The van der Waals surface area contributed by atoms with Crippen molar-refractivity contribution in [2.75, 3.05) is 0 Å². The van der Waals surface area contributed by atoms with Crippen molar-refractivity contribution in [3.05, 3.63) is 78.5 Å². The normalized spacial score (nSPS) is 12.3. The molecule has 0 aliphatic rings. The summed E-state index contributed by atoms with van der Waals surface area (Å²) in [6.07, 6.45) is 5.66. The molecule has 2 aromatic carbocycles. The average molecular weight is 388 g/mol. The van der Waals surface area contributed by atoms with Crippen LogP contribution in [0.25, 0.3) is 16.6 Å². The first kappa shape index (κ1) is 18.9. The van der Waals surface area contributed by atoms with E-state index < -0.39 is 0 Å². The monoisotopic (exact) mass is 388 g/mol. The van der Waals surface area contributed by atoms with Gasteiger partial charge < -0.3 is 15.6 Å². The van der Waals surface area contributed by atoms with Gasteiger partial charge in [-0.05, 0) is 36.2 Å². The predicted molar refractivity (Wildman–Crippen MR) is 112 cm³/mol. The molecule has 1 amide bonds. The van der Waals surface area contributed by atoms with E-state index in [0.717, 1.165) is 17.7 Å². The Morgan fingerprint density at radius 3 is 2.69 bits per heavy atom. The fourth-order valence-corrected chi connectivity index (χ4v) is 3.52. The third kappa shape index (κ3) is 4.20. The van der Waals surface area contributed by atoms with E-state index in [1.54, 1.807) is 11.0 Å². The lowest BCUT2D eigenvalue weighted by Gasteiger charge is -2.14. The van der Waals surface area contributed by atoms with Gasteiger partial charge in [0.15, 0.2) is 0 Å². The molecule has 2 heterocycles. The zero-order valence-corrected chi connectivity index (χ0v) is 16.3. The Bertz CT molecular complexity index is 1100. The lowest BCUT2D eigenvalue weighted by molar-refractivity contribution is -0.118. The van der Waals surface area contributed by atoms with Crippen molar-refractivity contribution in [1.29, 1.82) is 0 Å². The van der Waals surface area contributed by atoms with E-state index in [-0.39, 0.29) is 11.9 Å². The number of primary amides is 1. The summed E-state index contributed by atoms with van der Waals surface area (Å²) in [5.41, 5.74) is 9.83. The molecule has 0 fully saturated rings. The first-order valence-corrected chi connectivity index (χ1v) is 9.65. The molecule has 0 aliphatic heterocycles. The predicted octanol–water partition coefficient (Wildman–Crippen LogP) is 2.95. The number of carbonyl (C=O) groups is 1. The van der Waals surface area contributed by atoms with Crippen LogP contribution in [-0.2, 0) is 17.9 Å². The third-order valence-electron chi connectivity index (χ3n) is 5.15. The van der Waals surface area contributed by atoms with Gasteiger partial charge in [0, 0.05) is 42.7 Å². The molecule has 0 saturated carbocycles. The van der Waals surface area contributed by atoms with E-state index in [0.29, 0.717) is 13.0 Å². The second-order valence-corrected chi connectivity index (χ2v) is 7.12. The molecule has 3 N–H and O–H groups in total. The summed E-state index contributed by atoms with van der Waals surface area (Å²) in [5.74, 6) is -0.287. The van der Waals surface area contributed by atoms with Gasteiger partial charge in [-0.2, -0.15) is 5.10 Å². The number of amides is 1. The topological polar surface area (TPSA) is 90.8 Å². The summed E-state index contributed by atoms with van der Waals surface area (Å²) >= 11 is 0. The Morgan fingerprint density at radius 2 is 1.97 bits per heavy atom. The van der Waals surface area contributed by atoms with Gasteiger partial charge in [0.1, 0.15) is 12.7 Å².